The second kappa shape index (κ2) is 3.48. The highest BCUT2D eigenvalue weighted by molar-refractivity contribution is 5.82. The summed E-state index contributed by atoms with van der Waals surface area (Å²) in [4.78, 5) is 22.0. The number of rotatable bonds is 1. The Hall–Kier alpha value is -2.56. The Labute approximate surface area is 96.3 Å². The maximum atomic E-state index is 11.7. The van der Waals surface area contributed by atoms with Crippen molar-refractivity contribution in [3.63, 3.8) is 0 Å². The number of nitrogens with two attached hydrogens (primary N) is 1. The summed E-state index contributed by atoms with van der Waals surface area (Å²) < 4.78 is 0. The fourth-order valence-electron chi connectivity index (χ4n) is 1.76. The molecule has 3 rings (SSSR count). The van der Waals surface area contributed by atoms with Crippen molar-refractivity contribution in [1.82, 2.24) is 15.0 Å². The molecule has 4 N–H and O–H groups in total. The molecule has 0 spiro atoms. The van der Waals surface area contributed by atoms with E-state index in [4.69, 9.17) is 5.73 Å². The maximum absolute atomic E-state index is 11.7. The number of nitrogens with zero attached hydrogens (tertiary/aromatic N) is 1. The fourth-order valence-corrected chi connectivity index (χ4v) is 1.76. The molecule has 0 aliphatic heterocycles. The Morgan fingerprint density at radius 1 is 1.24 bits per heavy atom. The molecule has 5 nitrogen and oxygen atoms in total. The molecule has 0 unspecified atom stereocenters. The highest BCUT2D eigenvalue weighted by Crippen LogP contribution is 2.19. The minimum atomic E-state index is -0.0734. The largest absolute Gasteiger partial charge is 0.399 e. The maximum Gasteiger partial charge on any atom is 0.192 e. The van der Waals surface area contributed by atoms with Crippen LogP contribution < -0.4 is 11.2 Å². The minimum absolute atomic E-state index is 0.0734. The van der Waals surface area contributed by atoms with Gasteiger partial charge in [0.15, 0.2) is 5.43 Å². The molecule has 0 aliphatic rings. The monoisotopic (exact) mass is 226 g/mol. The summed E-state index contributed by atoms with van der Waals surface area (Å²) in [6.07, 6.45) is 3.22. The molecule has 0 saturated carbocycles. The first kappa shape index (κ1) is 9.65. The molecule has 5 heteroatoms. The van der Waals surface area contributed by atoms with Crippen LogP contribution >= 0.6 is 0 Å². The van der Waals surface area contributed by atoms with Crippen LogP contribution in [0.1, 0.15) is 0 Å². The van der Waals surface area contributed by atoms with Crippen molar-refractivity contribution in [2.24, 2.45) is 0 Å². The average molecular weight is 226 g/mol. The summed E-state index contributed by atoms with van der Waals surface area (Å²) in [5.74, 6) is 0.549. The molecule has 0 fully saturated rings. The number of benzene rings is 1. The minimum Gasteiger partial charge on any atom is -0.399 e. The molecule has 0 saturated heterocycles. The summed E-state index contributed by atoms with van der Waals surface area (Å²) in [6.45, 7) is 0. The van der Waals surface area contributed by atoms with Gasteiger partial charge in [-0.2, -0.15) is 0 Å². The summed E-state index contributed by atoms with van der Waals surface area (Å²) in [5.41, 5.74) is 8.40. The van der Waals surface area contributed by atoms with Gasteiger partial charge >= 0.3 is 0 Å². The molecule has 2 heterocycles. The van der Waals surface area contributed by atoms with Gasteiger partial charge < -0.3 is 15.7 Å². The van der Waals surface area contributed by atoms with Crippen molar-refractivity contribution >= 4 is 16.7 Å². The zero-order valence-electron chi connectivity index (χ0n) is 8.90. The van der Waals surface area contributed by atoms with Gasteiger partial charge in [0, 0.05) is 24.1 Å². The van der Waals surface area contributed by atoms with Gasteiger partial charge in [-0.15, -0.1) is 0 Å². The summed E-state index contributed by atoms with van der Waals surface area (Å²) >= 11 is 0. The number of fused-ring (bicyclic) bond motifs is 1. The van der Waals surface area contributed by atoms with Crippen molar-refractivity contribution < 1.29 is 0 Å². The predicted molar refractivity (Wildman–Crippen MR) is 66.6 cm³/mol. The summed E-state index contributed by atoms with van der Waals surface area (Å²) in [5, 5.41) is 0. The third-order valence-electron chi connectivity index (χ3n) is 2.59. The van der Waals surface area contributed by atoms with Crippen LogP contribution in [0, 0.1) is 0 Å². The molecule has 0 bridgehead atoms. The SMILES string of the molecule is Nc1ccc2nc(-c3c[nH]ccc3=O)[nH]c2c1. The Morgan fingerprint density at radius 2 is 2.12 bits per heavy atom. The van der Waals surface area contributed by atoms with E-state index in [-0.39, 0.29) is 5.43 Å². The van der Waals surface area contributed by atoms with Gasteiger partial charge in [-0.05, 0) is 18.2 Å². The molecule has 84 valence electrons. The Balaban J connectivity index is 2.25. The first-order valence-electron chi connectivity index (χ1n) is 5.17. The fraction of sp³-hybridized carbons (Fsp3) is 0. The molecule has 2 aromatic heterocycles. The zero-order valence-corrected chi connectivity index (χ0v) is 8.90. The van der Waals surface area contributed by atoms with Gasteiger partial charge in [0.25, 0.3) is 0 Å². The van der Waals surface area contributed by atoms with Crippen LogP contribution in [0.3, 0.4) is 0 Å². The smallest absolute Gasteiger partial charge is 0.192 e. The Bertz CT molecular complexity index is 741. The molecular formula is C12H10N4O. The lowest BCUT2D eigenvalue weighted by atomic mass is 10.2. The molecule has 0 amide bonds. The van der Waals surface area contributed by atoms with Gasteiger partial charge in [-0.25, -0.2) is 4.98 Å². The topological polar surface area (TPSA) is 87.6 Å². The van der Waals surface area contributed by atoms with Crippen LogP contribution in [-0.2, 0) is 0 Å². The van der Waals surface area contributed by atoms with Crippen molar-refractivity contribution in [2.75, 3.05) is 5.73 Å². The van der Waals surface area contributed by atoms with E-state index < -0.39 is 0 Å². The first-order chi connectivity index (χ1) is 8.24. The van der Waals surface area contributed by atoms with E-state index in [9.17, 15) is 4.79 Å². The standard InChI is InChI=1S/C12H10N4O/c13-7-1-2-9-10(5-7)16-12(15-9)8-6-14-4-3-11(8)17/h1-6H,13H2,(H,14,17)(H,15,16). The number of aromatic amines is 2. The number of nitrogen functional groups attached to an aromatic ring is 1. The second-order valence-electron chi connectivity index (χ2n) is 3.78. The molecule has 3 aromatic rings. The first-order valence-corrected chi connectivity index (χ1v) is 5.17. The third kappa shape index (κ3) is 1.57. The quantitative estimate of drug-likeness (QED) is 0.549. The van der Waals surface area contributed by atoms with Gasteiger partial charge in [0.05, 0.1) is 16.6 Å². The second-order valence-corrected chi connectivity index (χ2v) is 3.78. The van der Waals surface area contributed by atoms with Crippen molar-refractivity contribution in [3.8, 4) is 11.4 Å². The summed E-state index contributed by atoms with van der Waals surface area (Å²) in [6, 6.07) is 6.86. The third-order valence-corrected chi connectivity index (χ3v) is 2.59. The van der Waals surface area contributed by atoms with E-state index in [2.05, 4.69) is 15.0 Å². The lowest BCUT2D eigenvalue weighted by Crippen LogP contribution is -2.03. The lowest BCUT2D eigenvalue weighted by Gasteiger charge is -1.93. The number of imidazole rings is 1. The molecule has 17 heavy (non-hydrogen) atoms. The Morgan fingerprint density at radius 3 is 2.94 bits per heavy atom. The number of anilines is 1. The van der Waals surface area contributed by atoms with E-state index in [0.717, 1.165) is 11.0 Å². The van der Waals surface area contributed by atoms with E-state index in [1.165, 1.54) is 6.07 Å². The van der Waals surface area contributed by atoms with Crippen LogP contribution in [0.15, 0.2) is 41.5 Å². The van der Waals surface area contributed by atoms with Crippen LogP contribution in [0.2, 0.25) is 0 Å². The average Bonchev–Trinajstić information content (AvgIpc) is 2.72. The molecule has 0 radical (unpaired) electrons. The normalized spacial score (nSPS) is 10.8. The number of nitrogens with one attached hydrogen (secondary N) is 2. The number of pyridine rings is 1. The highest BCUT2D eigenvalue weighted by atomic mass is 16.1. The highest BCUT2D eigenvalue weighted by Gasteiger charge is 2.07. The number of H-pyrrole nitrogens is 2. The van der Waals surface area contributed by atoms with Crippen molar-refractivity contribution in [3.05, 3.63) is 46.9 Å². The van der Waals surface area contributed by atoms with Crippen LogP contribution in [0.5, 0.6) is 0 Å². The predicted octanol–water partition coefficient (Wildman–Crippen LogP) is 1.50. The van der Waals surface area contributed by atoms with Gasteiger partial charge in [-0.3, -0.25) is 4.79 Å². The van der Waals surface area contributed by atoms with Crippen LogP contribution in [0.4, 0.5) is 5.69 Å². The van der Waals surface area contributed by atoms with Gasteiger partial charge in [0.1, 0.15) is 5.82 Å². The van der Waals surface area contributed by atoms with Crippen LogP contribution in [-0.4, -0.2) is 15.0 Å². The van der Waals surface area contributed by atoms with E-state index in [0.29, 0.717) is 17.1 Å². The molecular weight excluding hydrogens is 216 g/mol. The molecule has 0 aliphatic carbocycles. The number of aromatic nitrogens is 3. The van der Waals surface area contributed by atoms with Gasteiger partial charge in [-0.1, -0.05) is 0 Å². The van der Waals surface area contributed by atoms with Gasteiger partial charge in [0.2, 0.25) is 0 Å². The van der Waals surface area contributed by atoms with Crippen molar-refractivity contribution in [1.29, 1.82) is 0 Å². The summed E-state index contributed by atoms with van der Waals surface area (Å²) in [7, 11) is 0. The molecule has 1 aromatic carbocycles. The number of hydrogen-bond acceptors (Lipinski definition) is 3. The number of hydrogen-bond donors (Lipinski definition) is 3. The van der Waals surface area contributed by atoms with Crippen molar-refractivity contribution in [2.45, 2.75) is 0 Å². The van der Waals surface area contributed by atoms with E-state index in [1.54, 1.807) is 24.5 Å². The molecule has 0 atom stereocenters. The lowest BCUT2D eigenvalue weighted by molar-refractivity contribution is 1.25. The van der Waals surface area contributed by atoms with E-state index >= 15 is 0 Å². The Kier molecular flexibility index (Phi) is 1.98. The van der Waals surface area contributed by atoms with E-state index in [1.807, 2.05) is 6.07 Å². The van der Waals surface area contributed by atoms with Crippen LogP contribution in [0.25, 0.3) is 22.4 Å². The zero-order chi connectivity index (χ0) is 11.8.